The van der Waals surface area contributed by atoms with Crippen LogP contribution >= 0.6 is 11.3 Å². The minimum Gasteiger partial charge on any atom is -0.496 e. The third-order valence-corrected chi connectivity index (χ3v) is 6.03. The van der Waals surface area contributed by atoms with Crippen LogP contribution in [0.25, 0.3) is 16.5 Å². The highest BCUT2D eigenvalue weighted by molar-refractivity contribution is 7.13. The predicted octanol–water partition coefficient (Wildman–Crippen LogP) is 6.34. The lowest BCUT2D eigenvalue weighted by atomic mass is 10.0. The Bertz CT molecular complexity index is 1230. The number of hydrogen-bond acceptors (Lipinski definition) is 6. The number of anilines is 1. The highest BCUT2D eigenvalue weighted by atomic mass is 32.1. The molecule has 0 amide bonds. The molecule has 0 spiro atoms. The van der Waals surface area contributed by atoms with Gasteiger partial charge >= 0.3 is 0 Å². The number of thiophene rings is 1. The van der Waals surface area contributed by atoms with Crippen LogP contribution in [0.3, 0.4) is 0 Å². The minimum absolute atomic E-state index is 0.0743. The summed E-state index contributed by atoms with van der Waals surface area (Å²) < 4.78 is 11.1. The zero-order valence-electron chi connectivity index (χ0n) is 18.4. The first-order chi connectivity index (χ1) is 16.2. The van der Waals surface area contributed by atoms with Crippen molar-refractivity contribution in [1.82, 2.24) is 4.98 Å². The van der Waals surface area contributed by atoms with Gasteiger partial charge in [0.25, 0.3) is 0 Å². The van der Waals surface area contributed by atoms with E-state index in [0.717, 1.165) is 33.1 Å². The number of aromatic nitrogens is 1. The van der Waals surface area contributed by atoms with E-state index in [1.165, 1.54) is 0 Å². The lowest BCUT2D eigenvalue weighted by Gasteiger charge is -2.12. The topological polar surface area (TPSA) is 60.5 Å². The molecule has 0 fully saturated rings. The second kappa shape index (κ2) is 10.6. The summed E-state index contributed by atoms with van der Waals surface area (Å²) in [6.45, 7) is 0.635. The van der Waals surface area contributed by atoms with Crippen LogP contribution in [0.2, 0.25) is 0 Å². The van der Waals surface area contributed by atoms with Crippen LogP contribution in [0.15, 0.2) is 84.4 Å². The van der Waals surface area contributed by atoms with Gasteiger partial charge in [-0.05, 0) is 47.4 Å². The molecule has 0 aliphatic rings. The predicted molar refractivity (Wildman–Crippen MR) is 134 cm³/mol. The van der Waals surface area contributed by atoms with Crippen molar-refractivity contribution in [2.24, 2.45) is 0 Å². The fraction of sp³-hybridized carbons (Fsp3) is 0.111. The first-order valence-electron chi connectivity index (χ1n) is 10.4. The fourth-order valence-corrected chi connectivity index (χ4v) is 4.13. The molecule has 166 valence electrons. The van der Waals surface area contributed by atoms with Gasteiger partial charge in [-0.15, -0.1) is 11.3 Å². The molecule has 2 heterocycles. The summed E-state index contributed by atoms with van der Waals surface area (Å²) in [7, 11) is 3.25. The molecule has 0 aliphatic carbocycles. The van der Waals surface area contributed by atoms with Crippen molar-refractivity contribution in [3.05, 3.63) is 101 Å². The van der Waals surface area contributed by atoms with Crippen molar-refractivity contribution in [2.45, 2.75) is 6.54 Å². The molecule has 5 nitrogen and oxygen atoms in total. The largest absolute Gasteiger partial charge is 0.496 e. The lowest BCUT2D eigenvalue weighted by Crippen LogP contribution is -2.01. The van der Waals surface area contributed by atoms with Crippen LogP contribution in [0, 0.1) is 0 Å². The van der Waals surface area contributed by atoms with Crippen molar-refractivity contribution in [1.29, 1.82) is 0 Å². The number of methoxy groups -OCH3 is 2. The quantitative estimate of drug-likeness (QED) is 0.235. The molecule has 1 N–H and O–H groups in total. The van der Waals surface area contributed by atoms with E-state index in [1.54, 1.807) is 43.9 Å². The van der Waals surface area contributed by atoms with Gasteiger partial charge in [0.15, 0.2) is 5.78 Å². The van der Waals surface area contributed by atoms with Gasteiger partial charge in [0.05, 0.1) is 14.2 Å². The first kappa shape index (κ1) is 22.3. The van der Waals surface area contributed by atoms with Crippen LogP contribution in [-0.4, -0.2) is 25.0 Å². The highest BCUT2D eigenvalue weighted by Gasteiger charge is 2.13. The number of allylic oxidation sites excluding steroid dienone is 1. The van der Waals surface area contributed by atoms with Gasteiger partial charge in [-0.25, -0.2) is 4.98 Å². The number of carbonyl (C=O) groups excluding carboxylic acids is 1. The monoisotopic (exact) mass is 456 g/mol. The Morgan fingerprint density at radius 1 is 1.00 bits per heavy atom. The smallest absolute Gasteiger partial charge is 0.185 e. The molecule has 4 rings (SSSR count). The third kappa shape index (κ3) is 5.48. The Balaban J connectivity index is 1.49. The number of ether oxygens (including phenoxy) is 2. The Hall–Kier alpha value is -3.90. The van der Waals surface area contributed by atoms with E-state index in [1.807, 2.05) is 72.1 Å². The average Bonchev–Trinajstić information content (AvgIpc) is 3.41. The SMILES string of the molecule is COc1cc(OC)c(-c2cccs2)cc1/C=C/C(=O)c1ccc(CNc2ccccn2)cc1. The Morgan fingerprint density at radius 2 is 1.82 bits per heavy atom. The molecule has 4 aromatic rings. The number of pyridine rings is 1. The molecule has 0 unspecified atom stereocenters. The summed E-state index contributed by atoms with van der Waals surface area (Å²) in [6.07, 6.45) is 5.11. The normalized spacial score (nSPS) is 10.8. The molecule has 2 aromatic heterocycles. The summed E-state index contributed by atoms with van der Waals surface area (Å²) in [5, 5.41) is 5.28. The maximum Gasteiger partial charge on any atom is 0.185 e. The molecule has 6 heteroatoms. The van der Waals surface area contributed by atoms with Gasteiger partial charge in [-0.2, -0.15) is 0 Å². The number of nitrogens with one attached hydrogen (secondary N) is 1. The Morgan fingerprint density at radius 3 is 2.48 bits per heavy atom. The average molecular weight is 457 g/mol. The number of benzene rings is 2. The molecule has 0 atom stereocenters. The lowest BCUT2D eigenvalue weighted by molar-refractivity contribution is 0.104. The summed E-state index contributed by atoms with van der Waals surface area (Å²) >= 11 is 1.63. The summed E-state index contributed by atoms with van der Waals surface area (Å²) in [4.78, 5) is 18.1. The zero-order valence-corrected chi connectivity index (χ0v) is 19.3. The molecule has 0 aliphatic heterocycles. The summed E-state index contributed by atoms with van der Waals surface area (Å²) in [5.41, 5.74) is 3.47. The van der Waals surface area contributed by atoms with E-state index in [4.69, 9.17) is 9.47 Å². The van der Waals surface area contributed by atoms with Crippen molar-refractivity contribution >= 4 is 29.0 Å². The standard InChI is InChI=1S/C27H24N2O3S/c1-31-24-17-25(32-2)22(26-6-5-15-33-26)16-21(24)12-13-23(30)20-10-8-19(9-11-20)18-29-27-7-3-4-14-28-27/h3-17H,18H2,1-2H3,(H,28,29)/b13-12+. The van der Waals surface area contributed by atoms with Gasteiger partial charge in [0.1, 0.15) is 17.3 Å². The van der Waals surface area contributed by atoms with Gasteiger partial charge in [-0.1, -0.05) is 36.4 Å². The van der Waals surface area contributed by atoms with E-state index in [0.29, 0.717) is 17.9 Å². The van der Waals surface area contributed by atoms with Gasteiger partial charge in [0.2, 0.25) is 0 Å². The number of hydrogen-bond donors (Lipinski definition) is 1. The maximum absolute atomic E-state index is 12.8. The second-order valence-corrected chi connectivity index (χ2v) is 8.18. The third-order valence-electron chi connectivity index (χ3n) is 5.13. The van der Waals surface area contributed by atoms with Gasteiger partial charge < -0.3 is 14.8 Å². The van der Waals surface area contributed by atoms with Crippen LogP contribution in [-0.2, 0) is 6.54 Å². The number of carbonyl (C=O) groups is 1. The first-order valence-corrected chi connectivity index (χ1v) is 11.3. The van der Waals surface area contributed by atoms with Crippen LogP contribution in [0.4, 0.5) is 5.82 Å². The van der Waals surface area contributed by atoms with E-state index >= 15 is 0 Å². The Kier molecular flexibility index (Phi) is 7.17. The van der Waals surface area contributed by atoms with Crippen molar-refractivity contribution in [3.8, 4) is 21.9 Å². The summed E-state index contributed by atoms with van der Waals surface area (Å²) in [6, 6.07) is 21.2. The van der Waals surface area contributed by atoms with Crippen LogP contribution in [0.1, 0.15) is 21.5 Å². The van der Waals surface area contributed by atoms with E-state index < -0.39 is 0 Å². The van der Waals surface area contributed by atoms with Gasteiger partial charge in [-0.3, -0.25) is 4.79 Å². The van der Waals surface area contributed by atoms with E-state index in [-0.39, 0.29) is 5.78 Å². The van der Waals surface area contributed by atoms with Crippen molar-refractivity contribution in [2.75, 3.05) is 19.5 Å². The molecule has 2 aromatic carbocycles. The number of ketones is 1. The van der Waals surface area contributed by atoms with E-state index in [9.17, 15) is 4.79 Å². The molecule has 0 radical (unpaired) electrons. The molecular formula is C27H24N2O3S. The maximum atomic E-state index is 12.8. The highest BCUT2D eigenvalue weighted by Crippen LogP contribution is 2.38. The summed E-state index contributed by atoms with van der Waals surface area (Å²) in [5.74, 6) is 2.12. The minimum atomic E-state index is -0.0743. The number of nitrogens with zero attached hydrogens (tertiary/aromatic N) is 1. The van der Waals surface area contributed by atoms with Gasteiger partial charge in [0, 0.05) is 40.4 Å². The van der Waals surface area contributed by atoms with Crippen molar-refractivity contribution < 1.29 is 14.3 Å². The van der Waals surface area contributed by atoms with Crippen LogP contribution < -0.4 is 14.8 Å². The van der Waals surface area contributed by atoms with Crippen LogP contribution in [0.5, 0.6) is 11.5 Å². The molecule has 33 heavy (non-hydrogen) atoms. The van der Waals surface area contributed by atoms with Crippen molar-refractivity contribution in [3.63, 3.8) is 0 Å². The Labute approximate surface area is 197 Å². The zero-order chi connectivity index (χ0) is 23.0. The molecule has 0 bridgehead atoms. The van der Waals surface area contributed by atoms with E-state index in [2.05, 4.69) is 10.3 Å². The second-order valence-electron chi connectivity index (χ2n) is 7.23. The molecule has 0 saturated heterocycles. The number of rotatable bonds is 9. The molecular weight excluding hydrogens is 432 g/mol. The molecule has 0 saturated carbocycles. The fourth-order valence-electron chi connectivity index (χ4n) is 3.39.